The molecule has 2 aromatic heterocycles. The van der Waals surface area contributed by atoms with Crippen molar-refractivity contribution >= 4 is 47.3 Å². The van der Waals surface area contributed by atoms with Crippen LogP contribution in [0.5, 0.6) is 0 Å². The van der Waals surface area contributed by atoms with Gasteiger partial charge in [-0.1, -0.05) is 36.9 Å². The molecule has 264 valence electrons. The largest absolute Gasteiger partial charge is 0.477 e. The molecule has 3 aliphatic carbocycles. The van der Waals surface area contributed by atoms with Crippen LogP contribution in [-0.2, 0) is 22.6 Å². The number of esters is 1. The minimum atomic E-state index is -1.27. The molecule has 7 N–H and O–H groups in total. The van der Waals surface area contributed by atoms with Gasteiger partial charge in [0.05, 0.1) is 18.2 Å². The molecular formula is C33H43ClN8O7. The molecule has 0 radical (unpaired) electrons. The summed E-state index contributed by atoms with van der Waals surface area (Å²) in [5.41, 5.74) is 11.8. The van der Waals surface area contributed by atoms with Gasteiger partial charge in [0.15, 0.2) is 11.3 Å². The molecule has 15 nitrogen and oxygen atoms in total. The smallest absolute Gasteiger partial charge is 0.354 e. The average Bonchev–Trinajstić information content (AvgIpc) is 3.57. The normalized spacial score (nSPS) is 19.8. The van der Waals surface area contributed by atoms with Gasteiger partial charge in [0.1, 0.15) is 17.1 Å². The highest BCUT2D eigenvalue weighted by molar-refractivity contribution is 5.95. The lowest BCUT2D eigenvalue weighted by atomic mass is 9.52. The molecule has 4 aromatic rings. The van der Waals surface area contributed by atoms with Crippen LogP contribution in [0.4, 0.5) is 11.4 Å². The first-order valence-electron chi connectivity index (χ1n) is 15.5. The Hall–Kier alpha value is -4.89. The number of carboxylic acids is 1. The molecule has 3 saturated carbocycles. The number of hydrogen-bond acceptors (Lipinski definition) is 12. The van der Waals surface area contributed by atoms with Gasteiger partial charge in [0, 0.05) is 25.2 Å². The van der Waals surface area contributed by atoms with Gasteiger partial charge in [-0.25, -0.2) is 9.78 Å². The summed E-state index contributed by atoms with van der Waals surface area (Å²) in [7, 11) is 0. The second-order valence-electron chi connectivity index (χ2n) is 12.3. The maximum atomic E-state index is 12.5. The van der Waals surface area contributed by atoms with Crippen molar-refractivity contribution in [2.45, 2.75) is 78.9 Å². The summed E-state index contributed by atoms with van der Waals surface area (Å²) < 4.78 is 6.25. The number of nitrogens with zero attached hydrogens (tertiary/aromatic N) is 4. The Labute approximate surface area is 288 Å². The molecule has 7 rings (SSSR count). The molecule has 1 atom stereocenters. The molecule has 0 spiro atoms. The molecule has 2 heterocycles. The number of aromatic carboxylic acids is 1. The quantitative estimate of drug-likeness (QED) is 0.119. The van der Waals surface area contributed by atoms with Gasteiger partial charge in [-0.05, 0) is 68.9 Å². The van der Waals surface area contributed by atoms with E-state index in [1.54, 1.807) is 24.3 Å². The van der Waals surface area contributed by atoms with Gasteiger partial charge in [-0.15, -0.1) is 17.5 Å². The number of nitrogens with two attached hydrogens (primary N) is 2. The van der Waals surface area contributed by atoms with Gasteiger partial charge >= 0.3 is 11.9 Å². The number of hydrogen-bond donors (Lipinski definition) is 5. The van der Waals surface area contributed by atoms with Crippen LogP contribution in [0.1, 0.15) is 91.9 Å². The number of carbonyl (C=O) groups is 3. The standard InChI is InChI=1S/C19H15N7O5.C13H23NO2.CH4.ClH/c20-14-15(17(28)16(14)27)21-6-9-2-1-3-10(4-9)7-22-18(29)11-5-12(19(30)31)26-13(24-11)8-23-25-26;1-3-16-11(15)13-7-4-12(5-8-13,6-9-13)10(2)14;;/h1-5,8,21H,6-7,20H2,(H,22,29)(H,30,31);10H,3-9,14H2,1-2H3;1H4;1H. The fourth-order valence-corrected chi connectivity index (χ4v) is 6.48. The fraction of sp³-hybridized carbons (Fsp3) is 0.455. The number of halogens is 1. The van der Waals surface area contributed by atoms with Crippen LogP contribution < -0.4 is 33.0 Å². The molecular weight excluding hydrogens is 656 g/mol. The van der Waals surface area contributed by atoms with Crippen LogP contribution in [0.15, 0.2) is 46.1 Å². The van der Waals surface area contributed by atoms with Crippen molar-refractivity contribution in [3.05, 3.63) is 79.5 Å². The summed E-state index contributed by atoms with van der Waals surface area (Å²) >= 11 is 0. The minimum absolute atomic E-state index is 0. The number of rotatable bonds is 10. The predicted molar refractivity (Wildman–Crippen MR) is 185 cm³/mol. The van der Waals surface area contributed by atoms with E-state index < -0.39 is 22.7 Å². The average molecular weight is 699 g/mol. The Morgan fingerprint density at radius 3 is 2.24 bits per heavy atom. The third-order valence-electron chi connectivity index (χ3n) is 9.56. The number of anilines is 2. The first kappa shape index (κ1) is 38.6. The highest BCUT2D eigenvalue weighted by Gasteiger charge is 2.54. The van der Waals surface area contributed by atoms with Crippen LogP contribution in [0.2, 0.25) is 0 Å². The number of nitrogens with one attached hydrogen (secondary N) is 2. The lowest BCUT2D eigenvalue weighted by Crippen LogP contribution is -2.52. The van der Waals surface area contributed by atoms with Gasteiger partial charge in [0.25, 0.3) is 16.8 Å². The first-order valence-corrected chi connectivity index (χ1v) is 15.5. The molecule has 49 heavy (non-hydrogen) atoms. The van der Waals surface area contributed by atoms with Gasteiger partial charge < -0.3 is 31.9 Å². The molecule has 0 aliphatic heterocycles. The fourth-order valence-electron chi connectivity index (χ4n) is 6.48. The number of aromatic nitrogens is 4. The summed E-state index contributed by atoms with van der Waals surface area (Å²) in [5, 5.41) is 22.0. The van der Waals surface area contributed by atoms with Crippen molar-refractivity contribution in [2.75, 3.05) is 17.7 Å². The molecule has 2 aromatic carbocycles. The van der Waals surface area contributed by atoms with Crippen LogP contribution in [0.25, 0.3) is 5.65 Å². The zero-order chi connectivity index (χ0) is 33.9. The zero-order valence-electron chi connectivity index (χ0n) is 26.7. The SMILES string of the molecule is C.CCOC(=O)C12CCC(C(C)N)(CC1)CC2.Cl.Nc1c(NCc2cccc(CNC(=O)c3cc(C(=O)O)n4nncc4n3)c2)c(=O)c1=O. The Morgan fingerprint density at radius 1 is 1.04 bits per heavy atom. The van der Waals surface area contributed by atoms with Crippen molar-refractivity contribution in [1.29, 1.82) is 0 Å². The van der Waals surface area contributed by atoms with Crippen molar-refractivity contribution in [2.24, 2.45) is 16.6 Å². The highest BCUT2D eigenvalue weighted by Crippen LogP contribution is 2.58. The predicted octanol–water partition coefficient (Wildman–Crippen LogP) is 2.84. The van der Waals surface area contributed by atoms with Crippen molar-refractivity contribution in [3.63, 3.8) is 0 Å². The number of amides is 1. The number of carbonyl (C=O) groups excluding carboxylic acids is 2. The molecule has 0 saturated heterocycles. The van der Waals surface area contributed by atoms with E-state index in [0.717, 1.165) is 60.2 Å². The maximum absolute atomic E-state index is 12.5. The van der Waals surface area contributed by atoms with E-state index >= 15 is 0 Å². The lowest BCUT2D eigenvalue weighted by Gasteiger charge is -2.53. The Kier molecular flexibility index (Phi) is 12.2. The second-order valence-corrected chi connectivity index (χ2v) is 12.3. The first-order chi connectivity index (χ1) is 22.4. The van der Waals surface area contributed by atoms with Crippen LogP contribution in [-0.4, -0.2) is 55.4 Å². The van der Waals surface area contributed by atoms with Crippen molar-refractivity contribution < 1.29 is 24.2 Å². The lowest BCUT2D eigenvalue weighted by molar-refractivity contribution is -0.166. The molecule has 1 unspecified atom stereocenters. The summed E-state index contributed by atoms with van der Waals surface area (Å²) in [4.78, 5) is 62.6. The second kappa shape index (κ2) is 15.6. The zero-order valence-corrected chi connectivity index (χ0v) is 27.5. The minimum Gasteiger partial charge on any atom is -0.477 e. The summed E-state index contributed by atoms with van der Waals surface area (Å²) in [6.07, 6.45) is 7.49. The van der Waals surface area contributed by atoms with E-state index in [2.05, 4.69) is 32.9 Å². The van der Waals surface area contributed by atoms with E-state index in [1.807, 2.05) is 6.92 Å². The van der Waals surface area contributed by atoms with E-state index in [4.69, 9.17) is 16.2 Å². The van der Waals surface area contributed by atoms with Crippen LogP contribution >= 0.6 is 12.4 Å². The number of ether oxygens (including phenoxy) is 1. The third-order valence-corrected chi connectivity index (χ3v) is 9.56. The monoisotopic (exact) mass is 698 g/mol. The van der Waals surface area contributed by atoms with Crippen LogP contribution in [0.3, 0.4) is 0 Å². The number of fused-ring (bicyclic) bond motifs is 4. The van der Waals surface area contributed by atoms with E-state index in [1.165, 1.54) is 6.20 Å². The summed E-state index contributed by atoms with van der Waals surface area (Å²) in [6.45, 7) is 4.92. The maximum Gasteiger partial charge on any atom is 0.354 e. The number of carboxylic acid groups (broad SMARTS) is 1. The molecule has 16 heteroatoms. The number of nitrogen functional groups attached to an aromatic ring is 1. The highest BCUT2D eigenvalue weighted by atomic mass is 35.5. The van der Waals surface area contributed by atoms with Crippen molar-refractivity contribution in [1.82, 2.24) is 25.1 Å². The van der Waals surface area contributed by atoms with Crippen LogP contribution in [0, 0.1) is 10.8 Å². The topological polar surface area (TPSA) is 234 Å². The van der Waals surface area contributed by atoms with Gasteiger partial charge in [-0.2, -0.15) is 4.52 Å². The summed E-state index contributed by atoms with van der Waals surface area (Å²) in [6, 6.07) is 8.54. The molecule has 1 amide bonds. The third kappa shape index (κ3) is 7.73. The number of benzene rings is 1. The van der Waals surface area contributed by atoms with E-state index in [-0.39, 0.29) is 78.8 Å². The van der Waals surface area contributed by atoms with Gasteiger partial charge in [-0.3, -0.25) is 19.2 Å². The molecule has 3 aliphatic rings. The Bertz CT molecular complexity index is 1880. The van der Waals surface area contributed by atoms with E-state index in [0.29, 0.717) is 12.0 Å². The molecule has 2 bridgehead atoms. The molecule has 3 fully saturated rings. The summed E-state index contributed by atoms with van der Waals surface area (Å²) in [5.74, 6) is -1.80. The Balaban J connectivity index is 0.000000307. The van der Waals surface area contributed by atoms with Crippen molar-refractivity contribution in [3.8, 4) is 0 Å². The van der Waals surface area contributed by atoms with E-state index in [9.17, 15) is 29.1 Å². The Morgan fingerprint density at radius 2 is 1.67 bits per heavy atom. The van der Waals surface area contributed by atoms with Gasteiger partial charge in [0.2, 0.25) is 0 Å².